The normalized spacial score (nSPS) is 19.0. The Morgan fingerprint density at radius 2 is 1.15 bits per heavy atom. The summed E-state index contributed by atoms with van der Waals surface area (Å²) in [4.78, 5) is 5.01. The Morgan fingerprint density at radius 1 is 0.769 bits per heavy atom. The number of phenolic OH excluding ortho intramolecular Hbond substituents is 1. The first-order chi connectivity index (χ1) is 11.6. The fourth-order valence-corrected chi connectivity index (χ4v) is 4.08. The highest BCUT2D eigenvalue weighted by atomic mass is 35.5. The molecule has 2 aliphatic heterocycles. The van der Waals surface area contributed by atoms with Crippen molar-refractivity contribution in [3.63, 3.8) is 0 Å². The van der Waals surface area contributed by atoms with Crippen LogP contribution in [0.2, 0.25) is 0 Å². The van der Waals surface area contributed by atoms with Crippen molar-refractivity contribution in [2.45, 2.75) is 71.4 Å². The van der Waals surface area contributed by atoms with Gasteiger partial charge in [0.2, 0.25) is 0 Å². The average Bonchev–Trinajstić information content (AvgIpc) is 2.60. The van der Waals surface area contributed by atoms with Gasteiger partial charge in [0.25, 0.3) is 0 Å². The van der Waals surface area contributed by atoms with Gasteiger partial charge < -0.3 is 5.11 Å². The Hall–Kier alpha value is -0.480. The molecule has 0 radical (unpaired) electrons. The number of phenols is 1. The summed E-state index contributed by atoms with van der Waals surface area (Å²) in [7, 11) is 0. The van der Waals surface area contributed by atoms with Crippen molar-refractivity contribution in [3.05, 3.63) is 28.8 Å². The number of likely N-dealkylation sites (tertiary alicyclic amines) is 2. The highest BCUT2D eigenvalue weighted by molar-refractivity contribution is 5.85. The van der Waals surface area contributed by atoms with E-state index in [-0.39, 0.29) is 24.8 Å². The second-order valence-electron chi connectivity index (χ2n) is 8.02. The number of halogens is 2. The molecule has 0 aromatic heterocycles. The average molecular weight is 403 g/mol. The van der Waals surface area contributed by atoms with Gasteiger partial charge in [-0.1, -0.05) is 38.8 Å². The highest BCUT2D eigenvalue weighted by Gasteiger charge is 2.19. The Morgan fingerprint density at radius 3 is 1.50 bits per heavy atom. The lowest BCUT2D eigenvalue weighted by Gasteiger charge is -2.29. The third-order valence-corrected chi connectivity index (χ3v) is 5.64. The van der Waals surface area contributed by atoms with Crippen LogP contribution >= 0.6 is 24.8 Å². The lowest BCUT2D eigenvalue weighted by molar-refractivity contribution is 0.213. The molecule has 150 valence electrons. The fourth-order valence-electron chi connectivity index (χ4n) is 4.08. The maximum Gasteiger partial charge on any atom is 0.124 e. The summed E-state index contributed by atoms with van der Waals surface area (Å²) in [6.07, 6.45) is 7.90. The largest absolute Gasteiger partial charge is 0.507 e. The molecule has 0 spiro atoms. The Labute approximate surface area is 172 Å². The van der Waals surface area contributed by atoms with E-state index in [0.717, 1.165) is 24.2 Å². The molecule has 3 nitrogen and oxygen atoms in total. The van der Waals surface area contributed by atoms with Crippen LogP contribution in [0.25, 0.3) is 0 Å². The lowest BCUT2D eigenvalue weighted by atomic mass is 9.95. The van der Waals surface area contributed by atoms with Crippen LogP contribution in [0.5, 0.6) is 5.75 Å². The van der Waals surface area contributed by atoms with E-state index in [4.69, 9.17) is 0 Å². The number of rotatable bonds is 5. The van der Waals surface area contributed by atoms with E-state index in [2.05, 4.69) is 35.8 Å². The molecule has 0 aliphatic carbocycles. The number of hydrogen-bond acceptors (Lipinski definition) is 3. The van der Waals surface area contributed by atoms with Crippen molar-refractivity contribution in [3.8, 4) is 5.75 Å². The van der Waals surface area contributed by atoms with Crippen molar-refractivity contribution < 1.29 is 5.11 Å². The highest BCUT2D eigenvalue weighted by Crippen LogP contribution is 2.31. The topological polar surface area (TPSA) is 26.7 Å². The second-order valence-corrected chi connectivity index (χ2v) is 8.02. The van der Waals surface area contributed by atoms with Gasteiger partial charge in [0.15, 0.2) is 0 Å². The van der Waals surface area contributed by atoms with Crippen LogP contribution in [0.3, 0.4) is 0 Å². The predicted octanol–water partition coefficient (Wildman–Crippen LogP) is 5.33. The monoisotopic (exact) mass is 402 g/mol. The van der Waals surface area contributed by atoms with Crippen LogP contribution in [0.15, 0.2) is 12.1 Å². The first kappa shape index (κ1) is 23.6. The summed E-state index contributed by atoms with van der Waals surface area (Å²) in [5.74, 6) is 1.06. The van der Waals surface area contributed by atoms with Gasteiger partial charge in [-0.3, -0.25) is 9.80 Å². The molecule has 0 bridgehead atoms. The van der Waals surface area contributed by atoms with Gasteiger partial charge in [-0.05, 0) is 63.3 Å². The molecule has 0 amide bonds. The lowest BCUT2D eigenvalue weighted by Crippen LogP contribution is -2.30. The van der Waals surface area contributed by atoms with Gasteiger partial charge in [0.1, 0.15) is 5.75 Å². The molecule has 1 aromatic carbocycles. The second kappa shape index (κ2) is 11.4. The van der Waals surface area contributed by atoms with Crippen LogP contribution in [-0.4, -0.2) is 41.1 Å². The fraction of sp³-hybridized carbons (Fsp3) is 0.714. The first-order valence-corrected chi connectivity index (χ1v) is 9.93. The van der Waals surface area contributed by atoms with Crippen LogP contribution in [0, 0.1) is 0 Å². The van der Waals surface area contributed by atoms with Crippen LogP contribution in [0.4, 0.5) is 0 Å². The van der Waals surface area contributed by atoms with Gasteiger partial charge in [0.05, 0.1) is 0 Å². The van der Waals surface area contributed by atoms with E-state index in [1.807, 2.05) is 0 Å². The molecule has 3 rings (SSSR count). The van der Waals surface area contributed by atoms with E-state index in [1.54, 1.807) is 0 Å². The predicted molar refractivity (Wildman–Crippen MR) is 115 cm³/mol. The summed E-state index contributed by atoms with van der Waals surface area (Å²) < 4.78 is 0. The minimum atomic E-state index is 0. The standard InChI is InChI=1S/C21H34N2O.2ClH/c1-17(2)18-13-19(15-22-9-5-3-6-10-22)21(24)20(14-18)16-23-11-7-4-8-12-23;;/h13-14,17,24H,3-12,15-16H2,1-2H3;2*1H. The summed E-state index contributed by atoms with van der Waals surface area (Å²) >= 11 is 0. The molecule has 1 N–H and O–H groups in total. The molecule has 0 atom stereocenters. The zero-order chi connectivity index (χ0) is 16.9. The van der Waals surface area contributed by atoms with E-state index < -0.39 is 0 Å². The van der Waals surface area contributed by atoms with Gasteiger partial charge in [0, 0.05) is 24.2 Å². The zero-order valence-corrected chi connectivity index (χ0v) is 18.0. The van der Waals surface area contributed by atoms with Crippen LogP contribution in [0.1, 0.15) is 75.0 Å². The number of aromatic hydroxyl groups is 1. The van der Waals surface area contributed by atoms with Crippen molar-refractivity contribution in [2.24, 2.45) is 0 Å². The molecule has 1 aromatic rings. The van der Waals surface area contributed by atoms with Crippen molar-refractivity contribution >= 4 is 24.8 Å². The van der Waals surface area contributed by atoms with E-state index in [1.165, 1.54) is 70.3 Å². The van der Waals surface area contributed by atoms with Gasteiger partial charge in [-0.2, -0.15) is 0 Å². The maximum atomic E-state index is 10.9. The van der Waals surface area contributed by atoms with Gasteiger partial charge in [-0.15, -0.1) is 24.8 Å². The number of benzene rings is 1. The molecule has 2 saturated heterocycles. The smallest absolute Gasteiger partial charge is 0.124 e. The molecule has 0 saturated carbocycles. The van der Waals surface area contributed by atoms with Crippen molar-refractivity contribution in [1.29, 1.82) is 0 Å². The molecule has 0 unspecified atom stereocenters. The van der Waals surface area contributed by atoms with Gasteiger partial charge in [-0.25, -0.2) is 0 Å². The van der Waals surface area contributed by atoms with Crippen molar-refractivity contribution in [2.75, 3.05) is 26.2 Å². The first-order valence-electron chi connectivity index (χ1n) is 9.93. The maximum absolute atomic E-state index is 10.9. The van der Waals surface area contributed by atoms with E-state index in [9.17, 15) is 5.11 Å². The van der Waals surface area contributed by atoms with E-state index in [0.29, 0.717) is 11.7 Å². The summed E-state index contributed by atoms with van der Waals surface area (Å²) in [5, 5.41) is 10.9. The molecule has 5 heteroatoms. The van der Waals surface area contributed by atoms with Crippen LogP contribution < -0.4 is 0 Å². The SMILES string of the molecule is CC(C)c1cc(CN2CCCCC2)c(O)c(CN2CCCCC2)c1.Cl.Cl. The molecular weight excluding hydrogens is 367 g/mol. The summed E-state index contributed by atoms with van der Waals surface area (Å²) in [6, 6.07) is 4.49. The Bertz CT molecular complexity index is 498. The third-order valence-electron chi connectivity index (χ3n) is 5.64. The third kappa shape index (κ3) is 6.30. The number of nitrogens with zero attached hydrogens (tertiary/aromatic N) is 2. The van der Waals surface area contributed by atoms with Crippen molar-refractivity contribution in [1.82, 2.24) is 9.80 Å². The molecule has 2 heterocycles. The Kier molecular flexibility index (Phi) is 10.3. The van der Waals surface area contributed by atoms with Crippen LogP contribution in [-0.2, 0) is 13.1 Å². The van der Waals surface area contributed by atoms with Gasteiger partial charge >= 0.3 is 0 Å². The molecule has 2 aliphatic rings. The number of hydrogen-bond donors (Lipinski definition) is 1. The minimum absolute atomic E-state index is 0. The molecule has 26 heavy (non-hydrogen) atoms. The minimum Gasteiger partial charge on any atom is -0.507 e. The molecular formula is C21H36Cl2N2O. The molecule has 2 fully saturated rings. The zero-order valence-electron chi connectivity index (χ0n) is 16.4. The summed E-state index contributed by atoms with van der Waals surface area (Å²) in [5.41, 5.74) is 3.64. The van der Waals surface area contributed by atoms with E-state index >= 15 is 0 Å². The Balaban J connectivity index is 0.00000169. The summed E-state index contributed by atoms with van der Waals surface area (Å²) in [6.45, 7) is 11.0. The number of piperidine rings is 2. The quantitative estimate of drug-likeness (QED) is 0.720.